The largest absolute Gasteiger partial charge is 0.462 e. The van der Waals surface area contributed by atoms with Crippen molar-refractivity contribution in [2.75, 3.05) is 13.2 Å². The van der Waals surface area contributed by atoms with Crippen LogP contribution in [-0.2, 0) is 28.6 Å². The lowest BCUT2D eigenvalue weighted by Gasteiger charge is -2.18. The van der Waals surface area contributed by atoms with Crippen LogP contribution in [0.3, 0.4) is 0 Å². The molecule has 0 aliphatic heterocycles. The molecule has 0 aromatic heterocycles. The third-order valence-electron chi connectivity index (χ3n) is 10.7. The second-order valence-electron chi connectivity index (χ2n) is 16.7. The highest BCUT2D eigenvalue weighted by atomic mass is 16.6. The molecule has 350 valence electrons. The molecule has 0 rings (SSSR count). The predicted octanol–water partition coefficient (Wildman–Crippen LogP) is 16.6. The van der Waals surface area contributed by atoms with Crippen LogP contribution in [0.5, 0.6) is 0 Å². The number of esters is 3. The van der Waals surface area contributed by atoms with Gasteiger partial charge in [-0.1, -0.05) is 222 Å². The molecule has 6 nitrogen and oxygen atoms in total. The minimum absolute atomic E-state index is 0.112. The molecule has 1 unspecified atom stereocenters. The molecule has 0 amide bonds. The van der Waals surface area contributed by atoms with Crippen LogP contribution in [0.2, 0.25) is 0 Å². The first-order valence-electron chi connectivity index (χ1n) is 25.4. The summed E-state index contributed by atoms with van der Waals surface area (Å²) in [6.45, 7) is 6.41. The molecule has 0 aromatic rings. The van der Waals surface area contributed by atoms with Gasteiger partial charge in [0.05, 0.1) is 0 Å². The van der Waals surface area contributed by atoms with E-state index in [9.17, 15) is 14.4 Å². The Labute approximate surface area is 376 Å². The molecule has 0 bridgehead atoms. The van der Waals surface area contributed by atoms with E-state index in [1.54, 1.807) is 0 Å². The van der Waals surface area contributed by atoms with E-state index < -0.39 is 12.1 Å². The number of hydrogen-bond acceptors (Lipinski definition) is 6. The molecule has 0 radical (unpaired) electrons. The van der Waals surface area contributed by atoms with Gasteiger partial charge >= 0.3 is 17.9 Å². The first-order valence-corrected chi connectivity index (χ1v) is 25.4. The van der Waals surface area contributed by atoms with Gasteiger partial charge in [-0.05, 0) is 70.6 Å². The van der Waals surface area contributed by atoms with E-state index in [1.807, 2.05) is 12.2 Å². The van der Waals surface area contributed by atoms with Crippen molar-refractivity contribution in [3.63, 3.8) is 0 Å². The Morgan fingerprint density at radius 3 is 1.13 bits per heavy atom. The summed E-state index contributed by atoms with van der Waals surface area (Å²) in [6, 6.07) is 0. The van der Waals surface area contributed by atoms with E-state index in [-0.39, 0.29) is 31.6 Å². The molecule has 0 saturated carbocycles. The van der Waals surface area contributed by atoms with Gasteiger partial charge in [0, 0.05) is 19.3 Å². The normalized spacial score (nSPS) is 12.6. The second kappa shape index (κ2) is 49.5. The number of hydrogen-bond donors (Lipinski definition) is 0. The molecule has 0 aliphatic rings. The number of rotatable bonds is 45. The zero-order chi connectivity index (χ0) is 44.4. The highest BCUT2D eigenvalue weighted by molar-refractivity contribution is 5.71. The molecular formula is C55H94O6. The van der Waals surface area contributed by atoms with Crippen LogP contribution in [0.25, 0.3) is 0 Å². The summed E-state index contributed by atoms with van der Waals surface area (Å²) >= 11 is 0. The van der Waals surface area contributed by atoms with Crippen molar-refractivity contribution >= 4 is 17.9 Å². The maximum atomic E-state index is 12.7. The van der Waals surface area contributed by atoms with Crippen molar-refractivity contribution in [3.8, 4) is 0 Å². The maximum absolute atomic E-state index is 12.7. The van der Waals surface area contributed by atoms with E-state index >= 15 is 0 Å². The molecule has 1 atom stereocenters. The average molecular weight is 851 g/mol. The standard InChI is InChI=1S/C55H94O6/c1-4-7-10-13-16-19-21-23-25-27-28-30-31-33-36-39-42-45-48-54(57)60-51-52(50-59-53(56)47-44-41-38-35-18-15-12-9-6-3)61-55(58)49-46-43-40-37-34-32-29-26-24-22-20-17-14-11-8-5-2/h8,11,17,20,24,26,32,34-35,38,40,43,52H,4-7,9-10,12-16,18-19,21-23,25,27-31,33,36-37,39,41-42,44-51H2,1-3H3/b11-8-,20-17-,26-24-,34-32-,38-35-,43-40-. The number of carbonyl (C=O) groups excluding carboxylic acids is 3. The van der Waals surface area contributed by atoms with Gasteiger partial charge in [-0.2, -0.15) is 0 Å². The molecule has 0 spiro atoms. The average Bonchev–Trinajstić information content (AvgIpc) is 3.26. The minimum Gasteiger partial charge on any atom is -0.462 e. The van der Waals surface area contributed by atoms with Gasteiger partial charge in [0.2, 0.25) is 0 Å². The third kappa shape index (κ3) is 47.7. The van der Waals surface area contributed by atoms with Crippen LogP contribution in [-0.4, -0.2) is 37.2 Å². The van der Waals surface area contributed by atoms with Crippen LogP contribution in [0.4, 0.5) is 0 Å². The quantitative estimate of drug-likeness (QED) is 0.0263. The fourth-order valence-electron chi connectivity index (χ4n) is 6.91. The van der Waals surface area contributed by atoms with Crippen LogP contribution >= 0.6 is 0 Å². The fraction of sp³-hybridized carbons (Fsp3) is 0.727. The molecule has 6 heteroatoms. The zero-order valence-corrected chi connectivity index (χ0v) is 39.9. The van der Waals surface area contributed by atoms with E-state index in [0.29, 0.717) is 25.7 Å². The second-order valence-corrected chi connectivity index (χ2v) is 16.7. The van der Waals surface area contributed by atoms with Crippen molar-refractivity contribution < 1.29 is 28.6 Å². The van der Waals surface area contributed by atoms with Gasteiger partial charge in [0.15, 0.2) is 6.10 Å². The SMILES string of the molecule is CC/C=C\C/C=C\C/C=C\C/C=C\C/C=C\CCC(=O)OC(COC(=O)CCC/C=C\CCCCCC)COC(=O)CCCCCCCCCCCCCCCCCCCC. The van der Waals surface area contributed by atoms with Gasteiger partial charge in [0.25, 0.3) is 0 Å². The van der Waals surface area contributed by atoms with Crippen molar-refractivity contribution in [2.45, 2.75) is 245 Å². The zero-order valence-electron chi connectivity index (χ0n) is 39.9. The molecule has 0 aromatic carbocycles. The minimum atomic E-state index is -0.822. The van der Waals surface area contributed by atoms with Crippen LogP contribution in [0.15, 0.2) is 72.9 Å². The van der Waals surface area contributed by atoms with Crippen molar-refractivity contribution in [1.29, 1.82) is 0 Å². The van der Waals surface area contributed by atoms with Crippen molar-refractivity contribution in [2.24, 2.45) is 0 Å². The van der Waals surface area contributed by atoms with Gasteiger partial charge in [0.1, 0.15) is 13.2 Å². The first kappa shape index (κ1) is 57.9. The Kier molecular flexibility index (Phi) is 46.9. The van der Waals surface area contributed by atoms with Gasteiger partial charge in [-0.25, -0.2) is 0 Å². The fourth-order valence-corrected chi connectivity index (χ4v) is 6.91. The monoisotopic (exact) mass is 851 g/mol. The third-order valence-corrected chi connectivity index (χ3v) is 10.7. The molecule has 0 saturated heterocycles. The molecule has 0 N–H and O–H groups in total. The summed E-state index contributed by atoms with van der Waals surface area (Å²) in [5.74, 6) is -1.03. The van der Waals surface area contributed by atoms with E-state index in [4.69, 9.17) is 14.2 Å². The highest BCUT2D eigenvalue weighted by Gasteiger charge is 2.19. The first-order chi connectivity index (χ1) is 30.0. The van der Waals surface area contributed by atoms with E-state index in [1.165, 1.54) is 122 Å². The summed E-state index contributed by atoms with van der Waals surface area (Å²) in [4.78, 5) is 37.8. The Bertz CT molecular complexity index is 1160. The Hall–Kier alpha value is -3.15. The molecule has 0 fully saturated rings. The number of carbonyl (C=O) groups is 3. The maximum Gasteiger partial charge on any atom is 0.306 e. The Balaban J connectivity index is 4.41. The van der Waals surface area contributed by atoms with Crippen LogP contribution in [0, 0.1) is 0 Å². The topological polar surface area (TPSA) is 78.9 Å². The summed E-state index contributed by atoms with van der Waals surface area (Å²) in [5, 5.41) is 0. The summed E-state index contributed by atoms with van der Waals surface area (Å²) in [6.07, 6.45) is 62.0. The number of allylic oxidation sites excluding steroid dienone is 12. The van der Waals surface area contributed by atoms with Gasteiger partial charge in [-0.15, -0.1) is 0 Å². The summed E-state index contributed by atoms with van der Waals surface area (Å²) < 4.78 is 16.6. The molecule has 61 heavy (non-hydrogen) atoms. The number of unbranched alkanes of at least 4 members (excludes halogenated alkanes) is 22. The van der Waals surface area contributed by atoms with Crippen LogP contribution < -0.4 is 0 Å². The lowest BCUT2D eigenvalue weighted by atomic mass is 10.0. The molecule has 0 heterocycles. The smallest absolute Gasteiger partial charge is 0.306 e. The number of ether oxygens (including phenoxy) is 3. The highest BCUT2D eigenvalue weighted by Crippen LogP contribution is 2.15. The van der Waals surface area contributed by atoms with Crippen LogP contribution in [0.1, 0.15) is 239 Å². The van der Waals surface area contributed by atoms with Gasteiger partial charge < -0.3 is 14.2 Å². The van der Waals surface area contributed by atoms with Crippen molar-refractivity contribution in [3.05, 3.63) is 72.9 Å². The lowest BCUT2D eigenvalue weighted by molar-refractivity contribution is -0.166. The lowest BCUT2D eigenvalue weighted by Crippen LogP contribution is -2.30. The molecular weight excluding hydrogens is 757 g/mol. The summed E-state index contributed by atoms with van der Waals surface area (Å²) in [5.41, 5.74) is 0. The summed E-state index contributed by atoms with van der Waals surface area (Å²) in [7, 11) is 0. The van der Waals surface area contributed by atoms with Gasteiger partial charge in [-0.3, -0.25) is 14.4 Å². The van der Waals surface area contributed by atoms with E-state index in [0.717, 1.165) is 64.2 Å². The Morgan fingerprint density at radius 1 is 0.344 bits per heavy atom. The Morgan fingerprint density at radius 2 is 0.689 bits per heavy atom. The van der Waals surface area contributed by atoms with Crippen molar-refractivity contribution in [1.82, 2.24) is 0 Å². The predicted molar refractivity (Wildman–Crippen MR) is 261 cm³/mol. The molecule has 0 aliphatic carbocycles. The van der Waals surface area contributed by atoms with E-state index in [2.05, 4.69) is 81.5 Å².